The van der Waals surface area contributed by atoms with Gasteiger partial charge in [-0.1, -0.05) is 6.92 Å². The molecule has 0 radical (unpaired) electrons. The fourth-order valence-electron chi connectivity index (χ4n) is 2.58. The van der Waals surface area contributed by atoms with E-state index in [0.29, 0.717) is 18.3 Å². The molecule has 1 saturated heterocycles. The number of piperidine rings is 1. The average molecular weight is 269 g/mol. The van der Waals surface area contributed by atoms with E-state index in [1.807, 2.05) is 25.7 Å². The number of rotatable bonds is 4. The van der Waals surface area contributed by atoms with Crippen molar-refractivity contribution in [3.63, 3.8) is 0 Å². The van der Waals surface area contributed by atoms with E-state index in [2.05, 4.69) is 6.92 Å². The fraction of sp³-hybridized carbons (Fsp3) is 0.867. The van der Waals surface area contributed by atoms with E-state index < -0.39 is 5.60 Å². The van der Waals surface area contributed by atoms with Crippen LogP contribution in [0.15, 0.2) is 0 Å². The smallest absolute Gasteiger partial charge is 0.410 e. The van der Waals surface area contributed by atoms with Gasteiger partial charge in [-0.3, -0.25) is 0 Å². The van der Waals surface area contributed by atoms with Gasteiger partial charge in [0, 0.05) is 19.5 Å². The molecule has 0 spiro atoms. The summed E-state index contributed by atoms with van der Waals surface area (Å²) in [5.41, 5.74) is -0.429. The summed E-state index contributed by atoms with van der Waals surface area (Å²) in [5, 5.41) is 0. The Morgan fingerprint density at radius 3 is 2.63 bits per heavy atom. The topological polar surface area (TPSA) is 46.6 Å². The van der Waals surface area contributed by atoms with Crippen molar-refractivity contribution >= 4 is 12.4 Å². The Bertz CT molecular complexity index is 309. The lowest BCUT2D eigenvalue weighted by Gasteiger charge is -2.37. The number of hydrogen-bond donors (Lipinski definition) is 0. The lowest BCUT2D eigenvalue weighted by atomic mass is 9.83. The van der Waals surface area contributed by atoms with Gasteiger partial charge >= 0.3 is 6.09 Å². The molecule has 0 bridgehead atoms. The maximum Gasteiger partial charge on any atom is 0.410 e. The molecule has 1 heterocycles. The summed E-state index contributed by atoms with van der Waals surface area (Å²) in [5.74, 6) is 1.10. The fourth-order valence-corrected chi connectivity index (χ4v) is 2.58. The minimum atomic E-state index is -0.429. The molecule has 4 heteroatoms. The average Bonchev–Trinajstić information content (AvgIpc) is 2.29. The Kier molecular flexibility index (Phi) is 5.83. The summed E-state index contributed by atoms with van der Waals surface area (Å²) in [7, 11) is 0. The first-order valence-corrected chi connectivity index (χ1v) is 7.25. The lowest BCUT2D eigenvalue weighted by Crippen LogP contribution is -2.45. The van der Waals surface area contributed by atoms with Gasteiger partial charge in [-0.15, -0.1) is 0 Å². The van der Waals surface area contributed by atoms with Crippen LogP contribution in [-0.2, 0) is 9.53 Å². The highest BCUT2D eigenvalue weighted by Gasteiger charge is 2.30. The second kappa shape index (κ2) is 6.92. The molecule has 1 aliphatic heterocycles. The van der Waals surface area contributed by atoms with Gasteiger partial charge in [0.2, 0.25) is 0 Å². The van der Waals surface area contributed by atoms with Crippen LogP contribution in [0.4, 0.5) is 4.79 Å². The number of nitrogens with zero attached hydrogens (tertiary/aromatic N) is 1. The molecule has 0 aromatic heterocycles. The predicted octanol–water partition coefficient (Wildman–Crippen LogP) is 3.25. The molecule has 0 aromatic carbocycles. The second-order valence-corrected chi connectivity index (χ2v) is 6.55. The van der Waals surface area contributed by atoms with Crippen LogP contribution in [0, 0.1) is 11.8 Å². The molecule has 1 aliphatic rings. The Hall–Kier alpha value is -1.06. The maximum absolute atomic E-state index is 12.0. The number of hydrogen-bond acceptors (Lipinski definition) is 3. The third-order valence-corrected chi connectivity index (χ3v) is 3.63. The van der Waals surface area contributed by atoms with Crippen molar-refractivity contribution in [3.8, 4) is 0 Å². The molecular formula is C15H27NO3. The highest BCUT2D eigenvalue weighted by atomic mass is 16.6. The number of ether oxygens (including phenoxy) is 1. The Morgan fingerprint density at radius 2 is 2.11 bits per heavy atom. The third-order valence-electron chi connectivity index (χ3n) is 3.63. The molecule has 4 nitrogen and oxygen atoms in total. The molecule has 19 heavy (non-hydrogen) atoms. The minimum absolute atomic E-state index is 0.203. The molecule has 2 unspecified atom stereocenters. The highest BCUT2D eigenvalue weighted by Crippen LogP contribution is 2.28. The Morgan fingerprint density at radius 1 is 1.42 bits per heavy atom. The van der Waals surface area contributed by atoms with Crippen molar-refractivity contribution in [1.82, 2.24) is 4.90 Å². The summed E-state index contributed by atoms with van der Waals surface area (Å²) in [6.45, 7) is 9.38. The predicted molar refractivity (Wildman–Crippen MR) is 75.0 cm³/mol. The molecule has 110 valence electrons. The quantitative estimate of drug-likeness (QED) is 0.581. The summed E-state index contributed by atoms with van der Waals surface area (Å²) < 4.78 is 5.40. The van der Waals surface area contributed by atoms with Crippen LogP contribution in [0.2, 0.25) is 0 Å². The van der Waals surface area contributed by atoms with Crippen LogP contribution in [-0.4, -0.2) is 36.0 Å². The first-order valence-electron chi connectivity index (χ1n) is 7.25. The van der Waals surface area contributed by atoms with Crippen molar-refractivity contribution in [1.29, 1.82) is 0 Å². The number of likely N-dealkylation sites (tertiary alicyclic amines) is 1. The van der Waals surface area contributed by atoms with E-state index in [0.717, 1.165) is 38.6 Å². The standard InChI is InChI=1S/C15H27NO3/c1-12-11-16(14(18)19-15(2,3)4)9-8-13(12)7-5-6-10-17/h10,12-13H,5-9,11H2,1-4H3. The van der Waals surface area contributed by atoms with Gasteiger partial charge in [0.25, 0.3) is 0 Å². The van der Waals surface area contributed by atoms with Crippen LogP contribution in [0.5, 0.6) is 0 Å². The highest BCUT2D eigenvalue weighted by molar-refractivity contribution is 5.68. The minimum Gasteiger partial charge on any atom is -0.444 e. The first kappa shape index (κ1) is 16.0. The second-order valence-electron chi connectivity index (χ2n) is 6.55. The largest absolute Gasteiger partial charge is 0.444 e. The van der Waals surface area contributed by atoms with Crippen molar-refractivity contribution in [2.75, 3.05) is 13.1 Å². The van der Waals surface area contributed by atoms with Gasteiger partial charge in [0.15, 0.2) is 0 Å². The van der Waals surface area contributed by atoms with Crippen LogP contribution >= 0.6 is 0 Å². The van der Waals surface area contributed by atoms with Gasteiger partial charge in [-0.05, 0) is 51.9 Å². The van der Waals surface area contributed by atoms with Gasteiger partial charge in [-0.25, -0.2) is 4.79 Å². The molecule has 0 aliphatic carbocycles. The number of carbonyl (C=O) groups is 2. The van der Waals surface area contributed by atoms with Crippen molar-refractivity contribution in [2.24, 2.45) is 11.8 Å². The van der Waals surface area contributed by atoms with Crippen LogP contribution in [0.25, 0.3) is 0 Å². The summed E-state index contributed by atoms with van der Waals surface area (Å²) in [6, 6.07) is 0. The molecule has 2 atom stereocenters. The Balaban J connectivity index is 2.40. The number of aldehydes is 1. The molecule has 0 aromatic rings. The van der Waals surface area contributed by atoms with Gasteiger partial charge in [0.1, 0.15) is 11.9 Å². The summed E-state index contributed by atoms with van der Waals surface area (Å²) in [6.07, 6.45) is 4.50. The van der Waals surface area contributed by atoms with E-state index in [4.69, 9.17) is 4.74 Å². The molecule has 0 saturated carbocycles. The maximum atomic E-state index is 12.0. The molecular weight excluding hydrogens is 242 g/mol. The van der Waals surface area contributed by atoms with Crippen LogP contribution in [0.1, 0.15) is 53.4 Å². The van der Waals surface area contributed by atoms with Crippen molar-refractivity contribution in [3.05, 3.63) is 0 Å². The molecule has 0 N–H and O–H groups in total. The first-order chi connectivity index (χ1) is 8.83. The summed E-state index contributed by atoms with van der Waals surface area (Å²) >= 11 is 0. The van der Waals surface area contributed by atoms with Crippen molar-refractivity contribution < 1.29 is 14.3 Å². The van der Waals surface area contributed by atoms with E-state index in [1.165, 1.54) is 0 Å². The van der Waals surface area contributed by atoms with Crippen molar-refractivity contribution in [2.45, 2.75) is 59.0 Å². The number of unbranched alkanes of at least 4 members (excludes halogenated alkanes) is 1. The molecule has 1 rings (SSSR count). The zero-order chi connectivity index (χ0) is 14.5. The SMILES string of the molecule is CC1CN(C(=O)OC(C)(C)C)CCC1CCCC=O. The Labute approximate surface area is 116 Å². The van der Waals surface area contributed by atoms with Gasteiger partial charge in [-0.2, -0.15) is 0 Å². The number of carbonyl (C=O) groups excluding carboxylic acids is 2. The van der Waals surface area contributed by atoms with Crippen LogP contribution in [0.3, 0.4) is 0 Å². The molecule has 1 fully saturated rings. The van der Waals surface area contributed by atoms with E-state index in [-0.39, 0.29) is 6.09 Å². The van der Waals surface area contributed by atoms with Crippen LogP contribution < -0.4 is 0 Å². The third kappa shape index (κ3) is 5.62. The van der Waals surface area contributed by atoms with E-state index in [1.54, 1.807) is 0 Å². The monoisotopic (exact) mass is 269 g/mol. The van der Waals surface area contributed by atoms with E-state index >= 15 is 0 Å². The number of amides is 1. The zero-order valence-electron chi connectivity index (χ0n) is 12.6. The van der Waals surface area contributed by atoms with Gasteiger partial charge in [0.05, 0.1) is 0 Å². The van der Waals surface area contributed by atoms with E-state index in [9.17, 15) is 9.59 Å². The van der Waals surface area contributed by atoms with Gasteiger partial charge < -0.3 is 14.4 Å². The lowest BCUT2D eigenvalue weighted by molar-refractivity contribution is -0.108. The zero-order valence-corrected chi connectivity index (χ0v) is 12.6. The summed E-state index contributed by atoms with van der Waals surface area (Å²) in [4.78, 5) is 24.1. The molecule has 1 amide bonds. The normalized spacial score (nSPS) is 24.1.